The van der Waals surface area contributed by atoms with Gasteiger partial charge in [-0.15, -0.1) is 0 Å². The fourth-order valence-electron chi connectivity index (χ4n) is 2.13. The largest absolute Gasteiger partial charge is 0.496 e. The van der Waals surface area contributed by atoms with Crippen LogP contribution >= 0.6 is 11.6 Å². The lowest BCUT2D eigenvalue weighted by molar-refractivity contribution is -0.130. The van der Waals surface area contributed by atoms with Crippen LogP contribution in [0.5, 0.6) is 5.75 Å². The Kier molecular flexibility index (Phi) is 5.41. The molecule has 1 aliphatic rings. The number of hydrogen-bond donors (Lipinski definition) is 2. The number of amides is 2. The summed E-state index contributed by atoms with van der Waals surface area (Å²) in [6.45, 7) is 2.85. The summed E-state index contributed by atoms with van der Waals surface area (Å²) in [5, 5.41) is 6.22. The molecule has 1 heterocycles. The molecule has 0 saturated carbocycles. The summed E-state index contributed by atoms with van der Waals surface area (Å²) in [5.41, 5.74) is 0.318. The molecule has 0 unspecified atom stereocenters. The lowest BCUT2D eigenvalue weighted by Gasteiger charge is -2.27. The van der Waals surface area contributed by atoms with E-state index in [0.717, 1.165) is 13.1 Å². The summed E-state index contributed by atoms with van der Waals surface area (Å²) in [6, 6.07) is 4.78. The van der Waals surface area contributed by atoms with E-state index in [1.54, 1.807) is 17.0 Å². The van der Waals surface area contributed by atoms with Gasteiger partial charge in [-0.1, -0.05) is 11.6 Å². The molecule has 0 aromatic heterocycles. The highest BCUT2D eigenvalue weighted by Gasteiger charge is 2.18. The van der Waals surface area contributed by atoms with E-state index in [9.17, 15) is 9.59 Å². The first-order valence-corrected chi connectivity index (χ1v) is 7.10. The van der Waals surface area contributed by atoms with Crippen molar-refractivity contribution >= 4 is 23.4 Å². The van der Waals surface area contributed by atoms with E-state index in [1.807, 2.05) is 0 Å². The molecule has 1 saturated heterocycles. The molecule has 0 atom stereocenters. The van der Waals surface area contributed by atoms with Crippen molar-refractivity contribution in [1.29, 1.82) is 0 Å². The molecule has 2 N–H and O–H groups in total. The maximum atomic E-state index is 12.1. The highest BCUT2D eigenvalue weighted by atomic mass is 35.5. The second-order valence-corrected chi connectivity index (χ2v) is 5.09. The van der Waals surface area contributed by atoms with Crippen molar-refractivity contribution < 1.29 is 14.3 Å². The number of nitrogens with one attached hydrogen (secondary N) is 2. The number of carbonyl (C=O) groups excluding carboxylic acids is 2. The number of hydrogen-bond acceptors (Lipinski definition) is 4. The minimum atomic E-state index is -0.377. The van der Waals surface area contributed by atoms with Crippen LogP contribution in [0.15, 0.2) is 18.2 Å². The van der Waals surface area contributed by atoms with Gasteiger partial charge in [0.1, 0.15) is 5.75 Å². The van der Waals surface area contributed by atoms with Gasteiger partial charge in [-0.05, 0) is 18.2 Å². The lowest BCUT2D eigenvalue weighted by Crippen LogP contribution is -2.49. The van der Waals surface area contributed by atoms with Gasteiger partial charge < -0.3 is 20.3 Å². The number of nitrogens with zero attached hydrogens (tertiary/aromatic N) is 1. The molecule has 21 heavy (non-hydrogen) atoms. The van der Waals surface area contributed by atoms with Crippen molar-refractivity contribution in [1.82, 2.24) is 15.5 Å². The fourth-order valence-corrected chi connectivity index (χ4v) is 2.31. The van der Waals surface area contributed by atoms with E-state index in [2.05, 4.69) is 10.6 Å². The second-order valence-electron chi connectivity index (χ2n) is 4.66. The molecule has 1 fully saturated rings. The van der Waals surface area contributed by atoms with Crippen molar-refractivity contribution in [2.75, 3.05) is 39.8 Å². The van der Waals surface area contributed by atoms with E-state index >= 15 is 0 Å². The zero-order valence-electron chi connectivity index (χ0n) is 11.8. The molecule has 1 aliphatic heterocycles. The van der Waals surface area contributed by atoms with E-state index in [1.165, 1.54) is 13.2 Å². The Balaban J connectivity index is 1.95. The molecule has 2 amide bonds. The van der Waals surface area contributed by atoms with E-state index in [4.69, 9.17) is 16.3 Å². The Labute approximate surface area is 128 Å². The van der Waals surface area contributed by atoms with Gasteiger partial charge in [-0.2, -0.15) is 0 Å². The van der Waals surface area contributed by atoms with Crippen molar-refractivity contribution in [3.05, 3.63) is 28.8 Å². The van der Waals surface area contributed by atoms with Gasteiger partial charge in [-0.25, -0.2) is 0 Å². The van der Waals surface area contributed by atoms with Crippen LogP contribution in [0.25, 0.3) is 0 Å². The maximum Gasteiger partial charge on any atom is 0.255 e. The number of piperazine rings is 1. The summed E-state index contributed by atoms with van der Waals surface area (Å²) in [6.07, 6.45) is 0. The van der Waals surface area contributed by atoms with E-state index < -0.39 is 0 Å². The smallest absolute Gasteiger partial charge is 0.255 e. The summed E-state index contributed by atoms with van der Waals surface area (Å²) in [4.78, 5) is 25.8. The number of ether oxygens (including phenoxy) is 1. The van der Waals surface area contributed by atoms with Gasteiger partial charge in [0.15, 0.2) is 0 Å². The third kappa shape index (κ3) is 4.09. The standard InChI is InChI=1S/C14H18ClN3O3/c1-21-12-3-2-10(15)8-11(12)14(20)17-9-13(19)18-6-4-16-5-7-18/h2-3,8,16H,4-7,9H2,1H3,(H,17,20). The quantitative estimate of drug-likeness (QED) is 0.850. The van der Waals surface area contributed by atoms with Gasteiger partial charge >= 0.3 is 0 Å². The van der Waals surface area contributed by atoms with Crippen molar-refractivity contribution in [2.24, 2.45) is 0 Å². The molecular weight excluding hydrogens is 294 g/mol. The summed E-state index contributed by atoms with van der Waals surface area (Å²) >= 11 is 5.88. The van der Waals surface area contributed by atoms with Crippen LogP contribution in [0, 0.1) is 0 Å². The van der Waals surface area contributed by atoms with Gasteiger partial charge in [0.05, 0.1) is 19.2 Å². The molecule has 2 rings (SSSR count). The summed E-state index contributed by atoms with van der Waals surface area (Å²) in [5.74, 6) is -0.0461. The zero-order valence-corrected chi connectivity index (χ0v) is 12.6. The van der Waals surface area contributed by atoms with Crippen LogP contribution in [0.4, 0.5) is 0 Å². The minimum absolute atomic E-state index is 0.0332. The molecule has 0 bridgehead atoms. The summed E-state index contributed by atoms with van der Waals surface area (Å²) in [7, 11) is 1.48. The molecule has 0 radical (unpaired) electrons. The van der Waals surface area contributed by atoms with Crippen LogP contribution in [-0.4, -0.2) is 56.5 Å². The maximum absolute atomic E-state index is 12.1. The molecule has 0 spiro atoms. The fraction of sp³-hybridized carbons (Fsp3) is 0.429. The van der Waals surface area contributed by atoms with Crippen molar-refractivity contribution in [2.45, 2.75) is 0 Å². The lowest BCUT2D eigenvalue weighted by atomic mass is 10.2. The Bertz CT molecular complexity index is 530. The Morgan fingerprint density at radius 1 is 1.38 bits per heavy atom. The monoisotopic (exact) mass is 311 g/mol. The molecule has 7 heteroatoms. The number of benzene rings is 1. The SMILES string of the molecule is COc1ccc(Cl)cc1C(=O)NCC(=O)N1CCNCC1. The number of rotatable bonds is 4. The third-order valence-corrected chi connectivity index (χ3v) is 3.51. The third-order valence-electron chi connectivity index (χ3n) is 3.28. The van der Waals surface area contributed by atoms with Gasteiger partial charge in [0, 0.05) is 31.2 Å². The van der Waals surface area contributed by atoms with Crippen LogP contribution < -0.4 is 15.4 Å². The molecular formula is C14H18ClN3O3. The number of carbonyl (C=O) groups is 2. The summed E-state index contributed by atoms with van der Waals surface area (Å²) < 4.78 is 5.12. The van der Waals surface area contributed by atoms with Crippen LogP contribution in [0.3, 0.4) is 0 Å². The minimum Gasteiger partial charge on any atom is -0.496 e. The van der Waals surface area contributed by atoms with Crippen LogP contribution in [0.2, 0.25) is 5.02 Å². The first-order valence-electron chi connectivity index (χ1n) is 6.72. The Hall–Kier alpha value is -1.79. The first-order chi connectivity index (χ1) is 10.1. The predicted octanol–water partition coefficient (Wildman–Crippen LogP) is 0.510. The van der Waals surface area contributed by atoms with Gasteiger partial charge in [-0.3, -0.25) is 9.59 Å². The Morgan fingerprint density at radius 3 is 2.76 bits per heavy atom. The molecule has 6 nitrogen and oxygen atoms in total. The first kappa shape index (κ1) is 15.6. The molecule has 1 aromatic rings. The van der Waals surface area contributed by atoms with E-state index in [0.29, 0.717) is 29.4 Å². The van der Waals surface area contributed by atoms with Gasteiger partial charge in [0.2, 0.25) is 5.91 Å². The predicted molar refractivity (Wildman–Crippen MR) is 79.8 cm³/mol. The zero-order chi connectivity index (χ0) is 15.2. The van der Waals surface area contributed by atoms with Crippen molar-refractivity contribution in [3.63, 3.8) is 0 Å². The van der Waals surface area contributed by atoms with Crippen LogP contribution in [0.1, 0.15) is 10.4 Å². The molecule has 0 aliphatic carbocycles. The van der Waals surface area contributed by atoms with E-state index in [-0.39, 0.29) is 18.4 Å². The molecule has 1 aromatic carbocycles. The van der Waals surface area contributed by atoms with Crippen molar-refractivity contribution in [3.8, 4) is 5.75 Å². The van der Waals surface area contributed by atoms with Gasteiger partial charge in [0.25, 0.3) is 5.91 Å². The average Bonchev–Trinajstić information content (AvgIpc) is 2.53. The second kappa shape index (κ2) is 7.28. The van der Waals surface area contributed by atoms with Crippen LogP contribution in [-0.2, 0) is 4.79 Å². The highest BCUT2D eigenvalue weighted by molar-refractivity contribution is 6.31. The topological polar surface area (TPSA) is 70.7 Å². The highest BCUT2D eigenvalue weighted by Crippen LogP contribution is 2.22. The number of halogens is 1. The normalized spacial score (nSPS) is 14.7. The average molecular weight is 312 g/mol. The Morgan fingerprint density at radius 2 is 2.10 bits per heavy atom. The number of methoxy groups -OCH3 is 1. The molecule has 114 valence electrons.